The second kappa shape index (κ2) is 5.25. The van der Waals surface area contributed by atoms with Crippen molar-refractivity contribution in [2.75, 3.05) is 27.7 Å². The van der Waals surface area contributed by atoms with Gasteiger partial charge >= 0.3 is 0 Å². The van der Waals surface area contributed by atoms with Crippen molar-refractivity contribution in [3.05, 3.63) is 59.7 Å². The van der Waals surface area contributed by atoms with Gasteiger partial charge in [0.2, 0.25) is 0 Å². The molecular weight excluding hydrogens is 345 g/mol. The molecule has 2 aromatic rings. The van der Waals surface area contributed by atoms with E-state index in [0.717, 1.165) is 11.0 Å². The third kappa shape index (κ3) is 2.70. The zero-order valence-electron chi connectivity index (χ0n) is 11.7. The highest BCUT2D eigenvalue weighted by atomic mass is 127. The van der Waals surface area contributed by atoms with E-state index >= 15 is 0 Å². The Labute approximate surface area is 132 Å². The average Bonchev–Trinajstić information content (AvgIpc) is 2.64. The van der Waals surface area contributed by atoms with Crippen LogP contribution >= 0.6 is 0 Å². The van der Waals surface area contributed by atoms with Gasteiger partial charge in [0.05, 0.1) is 33.6 Å². The maximum Gasteiger partial charge on any atom is 0.0891 e. The number of hydrogen-bond donors (Lipinski definition) is 0. The summed E-state index contributed by atoms with van der Waals surface area (Å²) in [5.74, 6) is 0.539. The molecule has 0 saturated carbocycles. The molecule has 19 heavy (non-hydrogen) atoms. The van der Waals surface area contributed by atoms with Crippen LogP contribution in [0.3, 0.4) is 0 Å². The zero-order valence-corrected chi connectivity index (χ0v) is 13.9. The van der Waals surface area contributed by atoms with E-state index in [9.17, 15) is 0 Å². The van der Waals surface area contributed by atoms with Gasteiger partial charge in [-0.2, -0.15) is 0 Å². The summed E-state index contributed by atoms with van der Waals surface area (Å²) in [6.45, 7) is 1.15. The molecule has 2 heteroatoms. The highest BCUT2D eigenvalue weighted by Crippen LogP contribution is 2.44. The predicted octanol–water partition coefficient (Wildman–Crippen LogP) is 0.509. The highest BCUT2D eigenvalue weighted by molar-refractivity contribution is 5.78. The summed E-state index contributed by atoms with van der Waals surface area (Å²) < 4.78 is 0.993. The van der Waals surface area contributed by atoms with Gasteiger partial charge in [-0.1, -0.05) is 48.5 Å². The molecule has 0 atom stereocenters. The fraction of sp³-hybridized carbons (Fsp3) is 0.294. The van der Waals surface area contributed by atoms with E-state index in [1.54, 1.807) is 0 Å². The van der Waals surface area contributed by atoms with Gasteiger partial charge in [-0.3, -0.25) is 0 Å². The first-order valence-corrected chi connectivity index (χ1v) is 6.55. The van der Waals surface area contributed by atoms with Gasteiger partial charge in [0, 0.05) is 0 Å². The molecule has 1 aliphatic rings. The molecule has 0 spiro atoms. The minimum Gasteiger partial charge on any atom is -1.00 e. The van der Waals surface area contributed by atoms with Crippen LogP contribution in [0.1, 0.15) is 17.0 Å². The monoisotopic (exact) mass is 365 g/mol. The summed E-state index contributed by atoms with van der Waals surface area (Å²) in [5.41, 5.74) is 5.83. The van der Waals surface area contributed by atoms with Gasteiger partial charge in [0.25, 0.3) is 0 Å². The Bertz CT molecular complexity index is 538. The van der Waals surface area contributed by atoms with E-state index in [0.29, 0.717) is 5.92 Å². The van der Waals surface area contributed by atoms with Crippen LogP contribution in [0.15, 0.2) is 48.5 Å². The normalized spacial score (nSPS) is 13.6. The highest BCUT2D eigenvalue weighted by Gasteiger charge is 2.31. The van der Waals surface area contributed by atoms with Gasteiger partial charge in [-0.15, -0.1) is 0 Å². The molecule has 1 nitrogen and oxygen atoms in total. The predicted molar refractivity (Wildman–Crippen MR) is 76.6 cm³/mol. The standard InChI is InChI=1S/C17H20N.HI/c1-18(2,3)12-17-15-10-6-4-8-13(15)14-9-5-7-11-16(14)17;/h4-11,17H,12H2,1-3H3;1H/q+1;/p-1. The first kappa shape index (κ1) is 14.5. The number of benzene rings is 2. The lowest BCUT2D eigenvalue weighted by atomic mass is 9.96. The summed E-state index contributed by atoms with van der Waals surface area (Å²) >= 11 is 0. The van der Waals surface area contributed by atoms with Crippen LogP contribution in [0.2, 0.25) is 0 Å². The number of hydrogen-bond acceptors (Lipinski definition) is 0. The van der Waals surface area contributed by atoms with Crippen LogP contribution in [0.4, 0.5) is 0 Å². The molecule has 0 unspecified atom stereocenters. The summed E-state index contributed by atoms with van der Waals surface area (Å²) in [7, 11) is 6.80. The summed E-state index contributed by atoms with van der Waals surface area (Å²) in [5, 5.41) is 0. The van der Waals surface area contributed by atoms with Crippen LogP contribution in [-0.2, 0) is 0 Å². The smallest absolute Gasteiger partial charge is 0.0891 e. The van der Waals surface area contributed by atoms with Gasteiger partial charge < -0.3 is 28.5 Å². The minimum atomic E-state index is 0. The van der Waals surface area contributed by atoms with E-state index in [1.165, 1.54) is 22.3 Å². The molecule has 3 rings (SSSR count). The van der Waals surface area contributed by atoms with Gasteiger partial charge in [-0.05, 0) is 22.3 Å². The molecule has 0 N–H and O–H groups in total. The van der Waals surface area contributed by atoms with Crippen molar-refractivity contribution >= 4 is 0 Å². The van der Waals surface area contributed by atoms with Crippen LogP contribution in [-0.4, -0.2) is 32.2 Å². The van der Waals surface area contributed by atoms with E-state index in [1.807, 2.05) is 0 Å². The molecule has 2 aromatic carbocycles. The molecule has 100 valence electrons. The van der Waals surface area contributed by atoms with Gasteiger partial charge in [-0.25, -0.2) is 0 Å². The molecular formula is C17H20IN. The lowest BCUT2D eigenvalue weighted by molar-refractivity contribution is -0.871. The Morgan fingerprint density at radius 1 is 0.789 bits per heavy atom. The quantitative estimate of drug-likeness (QED) is 0.538. The largest absolute Gasteiger partial charge is 1.00 e. The van der Waals surface area contributed by atoms with Crippen molar-refractivity contribution < 1.29 is 28.5 Å². The molecule has 0 heterocycles. The molecule has 0 bridgehead atoms. The Hall–Kier alpha value is -0.870. The van der Waals surface area contributed by atoms with E-state index in [2.05, 4.69) is 69.7 Å². The first-order chi connectivity index (χ1) is 8.56. The van der Waals surface area contributed by atoms with Crippen molar-refractivity contribution in [1.82, 2.24) is 0 Å². The molecule has 0 amide bonds. The molecule has 0 saturated heterocycles. The summed E-state index contributed by atoms with van der Waals surface area (Å²) in [6, 6.07) is 17.7. The number of likely N-dealkylation sites (N-methyl/N-ethyl adjacent to an activating group) is 1. The number of quaternary nitrogens is 1. The van der Waals surface area contributed by atoms with Crippen molar-refractivity contribution in [2.24, 2.45) is 0 Å². The average molecular weight is 365 g/mol. The number of halogens is 1. The lowest BCUT2D eigenvalue weighted by Gasteiger charge is -2.28. The van der Waals surface area contributed by atoms with Gasteiger partial charge in [0.15, 0.2) is 0 Å². The molecule has 0 radical (unpaired) electrons. The van der Waals surface area contributed by atoms with E-state index in [4.69, 9.17) is 0 Å². The fourth-order valence-electron chi connectivity index (χ4n) is 3.00. The van der Waals surface area contributed by atoms with E-state index in [-0.39, 0.29) is 24.0 Å². The van der Waals surface area contributed by atoms with Crippen molar-refractivity contribution in [3.63, 3.8) is 0 Å². The minimum absolute atomic E-state index is 0. The first-order valence-electron chi connectivity index (χ1n) is 6.55. The Balaban J connectivity index is 0.00000133. The maximum atomic E-state index is 2.29. The molecule has 1 aliphatic carbocycles. The second-order valence-corrected chi connectivity index (χ2v) is 6.20. The zero-order chi connectivity index (χ0) is 12.8. The molecule has 0 aliphatic heterocycles. The summed E-state index contributed by atoms with van der Waals surface area (Å²) in [6.07, 6.45) is 0. The maximum absolute atomic E-state index is 2.29. The van der Waals surface area contributed by atoms with Crippen molar-refractivity contribution in [2.45, 2.75) is 5.92 Å². The van der Waals surface area contributed by atoms with E-state index < -0.39 is 0 Å². The second-order valence-electron chi connectivity index (χ2n) is 6.20. The van der Waals surface area contributed by atoms with Gasteiger partial charge in [0.1, 0.15) is 0 Å². The van der Waals surface area contributed by atoms with Crippen molar-refractivity contribution in [3.8, 4) is 11.1 Å². The lowest BCUT2D eigenvalue weighted by Crippen LogP contribution is -3.00. The number of rotatable bonds is 2. The molecule has 0 aromatic heterocycles. The number of fused-ring (bicyclic) bond motifs is 3. The Morgan fingerprint density at radius 3 is 1.63 bits per heavy atom. The SMILES string of the molecule is C[N+](C)(C)CC1c2ccccc2-c2ccccc21.[I-]. The van der Waals surface area contributed by atoms with Crippen LogP contribution in [0, 0.1) is 0 Å². The van der Waals surface area contributed by atoms with Crippen LogP contribution < -0.4 is 24.0 Å². The Kier molecular flexibility index (Phi) is 4.02. The third-order valence-corrected chi connectivity index (χ3v) is 3.69. The Morgan fingerprint density at radius 2 is 1.21 bits per heavy atom. The van der Waals surface area contributed by atoms with Crippen LogP contribution in [0.25, 0.3) is 11.1 Å². The topological polar surface area (TPSA) is 0 Å². The van der Waals surface area contributed by atoms with Crippen molar-refractivity contribution in [1.29, 1.82) is 0 Å². The third-order valence-electron chi connectivity index (χ3n) is 3.69. The number of nitrogens with zero attached hydrogens (tertiary/aromatic N) is 1. The fourth-order valence-corrected chi connectivity index (χ4v) is 3.00. The molecule has 0 fully saturated rings. The van der Waals surface area contributed by atoms with Crippen LogP contribution in [0.5, 0.6) is 0 Å². The summed E-state index contributed by atoms with van der Waals surface area (Å²) in [4.78, 5) is 0.